The number of hydrogen-bond acceptors (Lipinski definition) is 5. The molecule has 0 fully saturated rings. The van der Waals surface area contributed by atoms with Gasteiger partial charge in [0.15, 0.2) is 0 Å². The number of rotatable bonds is 8. The van der Waals surface area contributed by atoms with Gasteiger partial charge in [0.1, 0.15) is 6.61 Å². The molecule has 0 aliphatic heterocycles. The number of hydrogen-bond donors (Lipinski definition) is 0. The highest BCUT2D eigenvalue weighted by Crippen LogP contribution is 1.85. The maximum atomic E-state index is 10.5. The second-order valence-corrected chi connectivity index (χ2v) is 2.31. The van der Waals surface area contributed by atoms with E-state index in [-0.39, 0.29) is 6.61 Å². The van der Waals surface area contributed by atoms with E-state index in [1.165, 1.54) is 6.08 Å². The molecular weight excluding hydrogens is 186 g/mol. The van der Waals surface area contributed by atoms with Crippen molar-refractivity contribution in [2.45, 2.75) is 6.42 Å². The van der Waals surface area contributed by atoms with Gasteiger partial charge in [-0.2, -0.15) is 0 Å². The summed E-state index contributed by atoms with van der Waals surface area (Å²) < 4.78 is 9.72. The Hall–Kier alpha value is -1.45. The van der Waals surface area contributed by atoms with Gasteiger partial charge in [0.2, 0.25) is 6.08 Å². The molecule has 0 aromatic heterocycles. The normalized spacial score (nSPS) is 8.86. The van der Waals surface area contributed by atoms with Gasteiger partial charge in [0.25, 0.3) is 0 Å². The number of carbonyl (C=O) groups is 1. The molecule has 0 rings (SSSR count). The molecule has 0 aromatic rings. The summed E-state index contributed by atoms with van der Waals surface area (Å²) in [7, 11) is 0. The fourth-order valence-electron chi connectivity index (χ4n) is 0.653. The summed E-state index contributed by atoms with van der Waals surface area (Å²) in [5.41, 5.74) is 0. The SMILES string of the molecule is C=CC(=O)OCCOCCCN=C=O. The van der Waals surface area contributed by atoms with Gasteiger partial charge in [0, 0.05) is 12.7 Å². The van der Waals surface area contributed by atoms with Crippen molar-refractivity contribution in [3.63, 3.8) is 0 Å². The predicted octanol–water partition coefficient (Wildman–Crippen LogP) is 0.458. The Morgan fingerprint density at radius 2 is 2.21 bits per heavy atom. The van der Waals surface area contributed by atoms with Crippen LogP contribution in [0.3, 0.4) is 0 Å². The second-order valence-electron chi connectivity index (χ2n) is 2.31. The minimum absolute atomic E-state index is 0.210. The smallest absolute Gasteiger partial charge is 0.330 e. The first kappa shape index (κ1) is 12.6. The van der Waals surface area contributed by atoms with Crippen molar-refractivity contribution in [1.82, 2.24) is 0 Å². The summed E-state index contributed by atoms with van der Waals surface area (Å²) in [5.74, 6) is -0.459. The molecule has 5 nitrogen and oxygen atoms in total. The third-order valence-corrected chi connectivity index (χ3v) is 1.26. The molecule has 0 amide bonds. The minimum Gasteiger partial charge on any atom is -0.460 e. The number of ether oxygens (including phenoxy) is 2. The van der Waals surface area contributed by atoms with Crippen molar-refractivity contribution in [1.29, 1.82) is 0 Å². The zero-order chi connectivity index (χ0) is 10.6. The maximum Gasteiger partial charge on any atom is 0.330 e. The van der Waals surface area contributed by atoms with E-state index in [1.54, 1.807) is 0 Å². The third-order valence-electron chi connectivity index (χ3n) is 1.26. The lowest BCUT2D eigenvalue weighted by molar-refractivity contribution is -0.139. The highest BCUT2D eigenvalue weighted by molar-refractivity contribution is 5.81. The van der Waals surface area contributed by atoms with E-state index in [1.807, 2.05) is 0 Å². The lowest BCUT2D eigenvalue weighted by atomic mass is 10.5. The Bertz CT molecular complexity index is 221. The van der Waals surface area contributed by atoms with Crippen molar-refractivity contribution < 1.29 is 19.1 Å². The van der Waals surface area contributed by atoms with Gasteiger partial charge in [-0.3, -0.25) is 0 Å². The first-order chi connectivity index (χ1) is 6.81. The second kappa shape index (κ2) is 9.64. The van der Waals surface area contributed by atoms with E-state index in [9.17, 15) is 9.59 Å². The Balaban J connectivity index is 3.09. The molecule has 0 radical (unpaired) electrons. The van der Waals surface area contributed by atoms with Crippen LogP contribution < -0.4 is 0 Å². The molecule has 0 heterocycles. The molecule has 0 bridgehead atoms. The molecular formula is C9H13NO4. The first-order valence-corrected chi connectivity index (χ1v) is 4.22. The molecule has 0 N–H and O–H groups in total. The quantitative estimate of drug-likeness (QED) is 0.187. The van der Waals surface area contributed by atoms with Crippen molar-refractivity contribution in [3.8, 4) is 0 Å². The average molecular weight is 199 g/mol. The zero-order valence-corrected chi connectivity index (χ0v) is 7.90. The molecule has 14 heavy (non-hydrogen) atoms. The average Bonchev–Trinajstić information content (AvgIpc) is 2.21. The maximum absolute atomic E-state index is 10.5. The number of isocyanates is 1. The molecule has 0 aliphatic carbocycles. The summed E-state index contributed by atoms with van der Waals surface area (Å²) in [6.45, 7) is 4.69. The van der Waals surface area contributed by atoms with Gasteiger partial charge < -0.3 is 9.47 Å². The van der Waals surface area contributed by atoms with Crippen LogP contribution in [0, 0.1) is 0 Å². The van der Waals surface area contributed by atoms with Crippen molar-refractivity contribution in [2.75, 3.05) is 26.4 Å². The van der Waals surface area contributed by atoms with Crippen LogP contribution in [0.2, 0.25) is 0 Å². The molecule has 0 spiro atoms. The molecule has 0 saturated carbocycles. The van der Waals surface area contributed by atoms with Gasteiger partial charge in [0.05, 0.1) is 13.2 Å². The van der Waals surface area contributed by atoms with E-state index in [0.717, 1.165) is 6.08 Å². The molecule has 0 aromatic carbocycles. The van der Waals surface area contributed by atoms with Gasteiger partial charge in [-0.05, 0) is 6.42 Å². The molecule has 5 heteroatoms. The highest BCUT2D eigenvalue weighted by Gasteiger charge is 1.94. The van der Waals surface area contributed by atoms with Crippen molar-refractivity contribution in [3.05, 3.63) is 12.7 Å². The predicted molar refractivity (Wildman–Crippen MR) is 49.6 cm³/mol. The number of carbonyl (C=O) groups excluding carboxylic acids is 2. The standard InChI is InChI=1S/C9H13NO4/c1-2-9(12)14-7-6-13-5-3-4-10-8-11/h2H,1,3-7H2. The van der Waals surface area contributed by atoms with Crippen LogP contribution in [-0.4, -0.2) is 38.4 Å². The number of aliphatic imine (C=N–C) groups is 1. The molecule has 0 atom stereocenters. The van der Waals surface area contributed by atoms with E-state index in [4.69, 9.17) is 4.74 Å². The van der Waals surface area contributed by atoms with Crippen LogP contribution >= 0.6 is 0 Å². The van der Waals surface area contributed by atoms with Crippen LogP contribution in [0.4, 0.5) is 0 Å². The largest absolute Gasteiger partial charge is 0.460 e. The topological polar surface area (TPSA) is 65.0 Å². The Labute approximate surface area is 82.4 Å². The van der Waals surface area contributed by atoms with Gasteiger partial charge in [-0.15, -0.1) is 0 Å². The van der Waals surface area contributed by atoms with Crippen LogP contribution in [0.5, 0.6) is 0 Å². The van der Waals surface area contributed by atoms with Crippen molar-refractivity contribution in [2.24, 2.45) is 4.99 Å². The Morgan fingerprint density at radius 3 is 2.86 bits per heavy atom. The van der Waals surface area contributed by atoms with E-state index in [2.05, 4.69) is 16.3 Å². The van der Waals surface area contributed by atoms with Gasteiger partial charge in [-0.1, -0.05) is 6.58 Å². The van der Waals surface area contributed by atoms with Crippen LogP contribution in [0.1, 0.15) is 6.42 Å². The molecule has 0 unspecified atom stereocenters. The number of esters is 1. The summed E-state index contributed by atoms with van der Waals surface area (Å²) in [4.78, 5) is 23.5. The fraction of sp³-hybridized carbons (Fsp3) is 0.556. The first-order valence-electron chi connectivity index (χ1n) is 4.22. The summed E-state index contributed by atoms with van der Waals surface area (Å²) in [6.07, 6.45) is 3.18. The monoisotopic (exact) mass is 199 g/mol. The Kier molecular flexibility index (Phi) is 8.64. The van der Waals surface area contributed by atoms with Gasteiger partial charge >= 0.3 is 5.97 Å². The zero-order valence-electron chi connectivity index (χ0n) is 7.90. The molecule has 78 valence electrons. The van der Waals surface area contributed by atoms with Crippen LogP contribution in [0.15, 0.2) is 17.6 Å². The third kappa shape index (κ3) is 8.64. The lowest BCUT2D eigenvalue weighted by Crippen LogP contribution is -2.09. The van der Waals surface area contributed by atoms with Crippen LogP contribution in [-0.2, 0) is 19.1 Å². The fourth-order valence-corrected chi connectivity index (χ4v) is 0.653. The van der Waals surface area contributed by atoms with E-state index >= 15 is 0 Å². The highest BCUT2D eigenvalue weighted by atomic mass is 16.6. The lowest BCUT2D eigenvalue weighted by Gasteiger charge is -2.02. The number of nitrogens with zero attached hydrogens (tertiary/aromatic N) is 1. The van der Waals surface area contributed by atoms with E-state index < -0.39 is 5.97 Å². The van der Waals surface area contributed by atoms with E-state index in [0.29, 0.717) is 26.2 Å². The summed E-state index contributed by atoms with van der Waals surface area (Å²) in [6, 6.07) is 0. The van der Waals surface area contributed by atoms with Gasteiger partial charge in [-0.25, -0.2) is 14.6 Å². The molecule has 0 aliphatic rings. The van der Waals surface area contributed by atoms with Crippen molar-refractivity contribution >= 4 is 12.0 Å². The van der Waals surface area contributed by atoms with Crippen LogP contribution in [0.25, 0.3) is 0 Å². The summed E-state index contributed by atoms with van der Waals surface area (Å²) >= 11 is 0. The molecule has 0 saturated heterocycles. The minimum atomic E-state index is -0.459. The summed E-state index contributed by atoms with van der Waals surface area (Å²) in [5, 5.41) is 0. The Morgan fingerprint density at radius 1 is 1.43 bits per heavy atom.